The Morgan fingerprint density at radius 3 is 2.72 bits per heavy atom. The van der Waals surface area contributed by atoms with E-state index >= 15 is 0 Å². The third-order valence-electron chi connectivity index (χ3n) is 2.80. The minimum Gasteiger partial charge on any atom is -0.481 e. The lowest BCUT2D eigenvalue weighted by Crippen LogP contribution is -2.08. The van der Waals surface area contributed by atoms with Crippen molar-refractivity contribution in [1.29, 1.82) is 0 Å². The molecule has 0 fully saturated rings. The van der Waals surface area contributed by atoms with Crippen molar-refractivity contribution >= 4 is 23.5 Å². The zero-order valence-corrected chi connectivity index (χ0v) is 11.3. The van der Waals surface area contributed by atoms with Crippen LogP contribution in [0.2, 0.25) is 0 Å². The van der Waals surface area contributed by atoms with Gasteiger partial charge in [0, 0.05) is 17.8 Å². The Kier molecular flexibility index (Phi) is 3.51. The van der Waals surface area contributed by atoms with Crippen LogP contribution in [0, 0.1) is 13.8 Å². The molecule has 0 radical (unpaired) electrons. The van der Waals surface area contributed by atoms with Gasteiger partial charge >= 0.3 is 5.97 Å². The van der Waals surface area contributed by atoms with Gasteiger partial charge in [0.25, 0.3) is 5.78 Å². The highest BCUT2D eigenvalue weighted by molar-refractivity contribution is 7.98. The molecule has 6 nitrogen and oxygen atoms in total. The molecule has 96 valence electrons. The molecule has 0 spiro atoms. The van der Waals surface area contributed by atoms with Gasteiger partial charge in [-0.15, -0.1) is 5.10 Å². The van der Waals surface area contributed by atoms with E-state index < -0.39 is 5.97 Å². The molecule has 0 atom stereocenters. The first-order valence-corrected chi connectivity index (χ1v) is 6.74. The molecule has 0 aliphatic rings. The highest BCUT2D eigenvalue weighted by Crippen LogP contribution is 2.17. The van der Waals surface area contributed by atoms with Gasteiger partial charge in [0.1, 0.15) is 0 Å². The quantitative estimate of drug-likeness (QED) is 0.844. The molecule has 0 unspecified atom stereocenters. The molecule has 2 aromatic heterocycles. The van der Waals surface area contributed by atoms with Gasteiger partial charge < -0.3 is 5.11 Å². The maximum atomic E-state index is 10.7. The van der Waals surface area contributed by atoms with Crippen LogP contribution in [0.15, 0.2) is 5.16 Å². The average Bonchev–Trinajstić information content (AvgIpc) is 2.71. The Morgan fingerprint density at radius 1 is 1.39 bits per heavy atom. The summed E-state index contributed by atoms with van der Waals surface area (Å²) < 4.78 is 1.68. The molecule has 0 aromatic carbocycles. The molecule has 0 saturated heterocycles. The third kappa shape index (κ3) is 2.31. The summed E-state index contributed by atoms with van der Waals surface area (Å²) in [5, 5.41) is 13.7. The average molecular weight is 266 g/mol. The number of aliphatic carboxylic acids is 1. The Bertz CT molecular complexity index is 609. The number of nitrogens with zero attached hydrogens (tertiary/aromatic N) is 4. The Balaban J connectivity index is 2.49. The SMILES string of the molecule is CSc1nc2nc(C)c(CCC(=O)O)c(C)n2n1. The summed E-state index contributed by atoms with van der Waals surface area (Å²) >= 11 is 1.46. The number of fused-ring (bicyclic) bond motifs is 1. The van der Waals surface area contributed by atoms with Crippen LogP contribution in [0.5, 0.6) is 0 Å². The Hall–Kier alpha value is -1.63. The number of hydrogen-bond donors (Lipinski definition) is 1. The van der Waals surface area contributed by atoms with Crippen molar-refractivity contribution in [2.45, 2.75) is 31.8 Å². The lowest BCUT2D eigenvalue weighted by Gasteiger charge is -2.08. The first-order valence-electron chi connectivity index (χ1n) is 5.51. The summed E-state index contributed by atoms with van der Waals surface area (Å²) in [6.07, 6.45) is 2.46. The summed E-state index contributed by atoms with van der Waals surface area (Å²) in [6.45, 7) is 3.79. The van der Waals surface area contributed by atoms with Gasteiger partial charge in [-0.05, 0) is 32.1 Å². The molecule has 18 heavy (non-hydrogen) atoms. The van der Waals surface area contributed by atoms with Crippen LogP contribution in [-0.2, 0) is 11.2 Å². The third-order valence-corrected chi connectivity index (χ3v) is 3.34. The van der Waals surface area contributed by atoms with Gasteiger partial charge in [-0.2, -0.15) is 4.98 Å². The van der Waals surface area contributed by atoms with E-state index in [0.29, 0.717) is 17.4 Å². The van der Waals surface area contributed by atoms with Gasteiger partial charge in [-0.25, -0.2) is 9.50 Å². The number of carbonyl (C=O) groups is 1. The molecule has 0 bridgehead atoms. The summed E-state index contributed by atoms with van der Waals surface area (Å²) in [6, 6.07) is 0. The zero-order chi connectivity index (χ0) is 13.3. The topological polar surface area (TPSA) is 80.4 Å². The van der Waals surface area contributed by atoms with E-state index in [1.807, 2.05) is 20.1 Å². The summed E-state index contributed by atoms with van der Waals surface area (Å²) in [4.78, 5) is 19.3. The molecule has 0 aliphatic carbocycles. The van der Waals surface area contributed by atoms with Crippen molar-refractivity contribution in [2.75, 3.05) is 6.26 Å². The summed E-state index contributed by atoms with van der Waals surface area (Å²) in [7, 11) is 0. The van der Waals surface area contributed by atoms with Crippen LogP contribution in [0.25, 0.3) is 5.78 Å². The maximum Gasteiger partial charge on any atom is 0.303 e. The Morgan fingerprint density at radius 2 is 2.11 bits per heavy atom. The van der Waals surface area contributed by atoms with Crippen LogP contribution in [0.1, 0.15) is 23.4 Å². The van der Waals surface area contributed by atoms with E-state index in [1.165, 1.54) is 11.8 Å². The lowest BCUT2D eigenvalue weighted by atomic mass is 10.1. The van der Waals surface area contributed by atoms with E-state index in [4.69, 9.17) is 5.11 Å². The fourth-order valence-electron chi connectivity index (χ4n) is 1.87. The molecule has 1 N–H and O–H groups in total. The van der Waals surface area contributed by atoms with E-state index in [2.05, 4.69) is 15.1 Å². The zero-order valence-electron chi connectivity index (χ0n) is 10.5. The second-order valence-corrected chi connectivity index (χ2v) is 4.74. The van der Waals surface area contributed by atoms with E-state index in [0.717, 1.165) is 17.0 Å². The van der Waals surface area contributed by atoms with E-state index in [9.17, 15) is 4.79 Å². The van der Waals surface area contributed by atoms with Gasteiger partial charge in [-0.1, -0.05) is 11.8 Å². The maximum absolute atomic E-state index is 10.7. The number of rotatable bonds is 4. The van der Waals surface area contributed by atoms with Crippen molar-refractivity contribution in [3.05, 3.63) is 17.0 Å². The first kappa shape index (κ1) is 12.8. The number of thioether (sulfide) groups is 1. The van der Waals surface area contributed by atoms with Crippen LogP contribution < -0.4 is 0 Å². The van der Waals surface area contributed by atoms with Crippen LogP contribution >= 0.6 is 11.8 Å². The molecule has 0 saturated carbocycles. The van der Waals surface area contributed by atoms with Gasteiger partial charge in [0.15, 0.2) is 0 Å². The molecule has 0 amide bonds. The second-order valence-electron chi connectivity index (χ2n) is 3.97. The van der Waals surface area contributed by atoms with Gasteiger partial charge in [0.05, 0.1) is 0 Å². The van der Waals surface area contributed by atoms with Crippen molar-refractivity contribution in [3.63, 3.8) is 0 Å². The predicted octanol–water partition coefficient (Wildman–Crippen LogP) is 1.48. The monoisotopic (exact) mass is 266 g/mol. The molecular formula is C11H14N4O2S. The number of aromatic nitrogens is 4. The van der Waals surface area contributed by atoms with Crippen molar-refractivity contribution < 1.29 is 9.90 Å². The minimum atomic E-state index is -0.808. The number of carboxylic acids is 1. The fraction of sp³-hybridized carbons (Fsp3) is 0.455. The first-order chi connectivity index (χ1) is 8.52. The number of hydrogen-bond acceptors (Lipinski definition) is 5. The van der Waals surface area contributed by atoms with Crippen molar-refractivity contribution in [1.82, 2.24) is 19.6 Å². The van der Waals surface area contributed by atoms with E-state index in [1.54, 1.807) is 4.52 Å². The number of carboxylic acid groups (broad SMARTS) is 1. The van der Waals surface area contributed by atoms with Crippen molar-refractivity contribution in [2.24, 2.45) is 0 Å². The Labute approximate surface area is 108 Å². The van der Waals surface area contributed by atoms with E-state index in [-0.39, 0.29) is 6.42 Å². The summed E-state index contributed by atoms with van der Waals surface area (Å²) in [5.41, 5.74) is 2.66. The molecule has 7 heteroatoms. The molecular weight excluding hydrogens is 252 g/mol. The highest BCUT2D eigenvalue weighted by atomic mass is 32.2. The van der Waals surface area contributed by atoms with Crippen LogP contribution in [0.4, 0.5) is 0 Å². The molecule has 2 heterocycles. The largest absolute Gasteiger partial charge is 0.481 e. The van der Waals surface area contributed by atoms with Crippen molar-refractivity contribution in [3.8, 4) is 0 Å². The minimum absolute atomic E-state index is 0.0962. The van der Waals surface area contributed by atoms with Crippen LogP contribution in [-0.4, -0.2) is 36.9 Å². The van der Waals surface area contributed by atoms with Crippen LogP contribution in [0.3, 0.4) is 0 Å². The predicted molar refractivity (Wildman–Crippen MR) is 68.0 cm³/mol. The second kappa shape index (κ2) is 4.93. The molecule has 2 rings (SSSR count). The van der Waals surface area contributed by atoms with Gasteiger partial charge in [0.2, 0.25) is 5.16 Å². The fourth-order valence-corrected chi connectivity index (χ4v) is 2.21. The lowest BCUT2D eigenvalue weighted by molar-refractivity contribution is -0.136. The standard InChI is InChI=1S/C11H14N4O2S/c1-6-8(4-5-9(16)17)7(2)15-10(12-6)13-11(14-15)18-3/h4-5H2,1-3H3,(H,16,17). The normalized spacial score (nSPS) is 11.1. The number of aryl methyl sites for hydroxylation is 2. The molecule has 0 aliphatic heterocycles. The smallest absolute Gasteiger partial charge is 0.303 e. The highest BCUT2D eigenvalue weighted by Gasteiger charge is 2.13. The van der Waals surface area contributed by atoms with Gasteiger partial charge in [-0.3, -0.25) is 4.79 Å². The molecule has 2 aromatic rings. The summed E-state index contributed by atoms with van der Waals surface area (Å²) in [5.74, 6) is -0.245.